The second-order valence-corrected chi connectivity index (χ2v) is 17.5. The Bertz CT molecular complexity index is 1090. The number of ether oxygens (including phenoxy) is 1. The number of carbonyl (C=O) groups is 1. The van der Waals surface area contributed by atoms with Gasteiger partial charge in [-0.2, -0.15) is 0 Å². The lowest BCUT2D eigenvalue weighted by molar-refractivity contribution is -0.161. The number of hydrogen-bond donors (Lipinski definition) is 0. The topological polar surface area (TPSA) is 26.3 Å². The second kappa shape index (κ2) is 17.9. The standard InChI is InChI=1S/C45H74O2/c1-9-10-11-12-13-14-15-16-17-18-19-20-21-22-43(46)47-42-30-32-45(8)39(36(42)6)26-25-37-40-28-27-38(44(40,7)31-29-41(37)45)35(5)24-23-34(4)33(2)3/h10-11,13-14,16-17,25,33-36,38-42H,9,12,15,18-24,26-32H2,1-8H3/b11-10-,14-13-,17-16-/t34-,35+,36-,38+,39-,40-,41-,42-,44+,45-/m0/s1. The van der Waals surface area contributed by atoms with Gasteiger partial charge in [-0.15, -0.1) is 0 Å². The lowest BCUT2D eigenvalue weighted by Gasteiger charge is -2.59. The zero-order valence-corrected chi connectivity index (χ0v) is 32.1. The lowest BCUT2D eigenvalue weighted by Crippen LogP contribution is -2.53. The molecule has 0 aromatic carbocycles. The van der Waals surface area contributed by atoms with Crippen molar-refractivity contribution < 1.29 is 9.53 Å². The van der Waals surface area contributed by atoms with E-state index >= 15 is 0 Å². The molecule has 0 aromatic rings. The highest BCUT2D eigenvalue weighted by atomic mass is 16.5. The fourth-order valence-corrected chi connectivity index (χ4v) is 10.9. The molecule has 0 saturated heterocycles. The molecule has 0 radical (unpaired) electrons. The third-order valence-corrected chi connectivity index (χ3v) is 14.3. The Hall–Kier alpha value is -1.57. The minimum absolute atomic E-state index is 0.0395. The van der Waals surface area contributed by atoms with E-state index in [2.05, 4.69) is 97.9 Å². The van der Waals surface area contributed by atoms with Crippen molar-refractivity contribution in [3.05, 3.63) is 48.1 Å². The number of fused-ring (bicyclic) bond motifs is 5. The van der Waals surface area contributed by atoms with Crippen LogP contribution in [-0.2, 0) is 9.53 Å². The van der Waals surface area contributed by atoms with E-state index in [1.165, 1.54) is 51.4 Å². The summed E-state index contributed by atoms with van der Waals surface area (Å²) in [4.78, 5) is 12.9. The number of carbonyl (C=O) groups excluding carboxylic acids is 1. The van der Waals surface area contributed by atoms with Gasteiger partial charge in [-0.05, 0) is 142 Å². The molecule has 4 aliphatic rings. The van der Waals surface area contributed by atoms with Crippen LogP contribution in [0.1, 0.15) is 165 Å². The second-order valence-electron chi connectivity index (χ2n) is 17.5. The Kier molecular flexibility index (Phi) is 14.6. The quantitative estimate of drug-likeness (QED) is 0.0893. The van der Waals surface area contributed by atoms with E-state index in [0.717, 1.165) is 86.9 Å². The van der Waals surface area contributed by atoms with E-state index in [1.54, 1.807) is 0 Å². The summed E-state index contributed by atoms with van der Waals surface area (Å²) in [6, 6.07) is 0. The van der Waals surface area contributed by atoms with Gasteiger partial charge in [0.2, 0.25) is 0 Å². The molecule has 0 spiro atoms. The average molecular weight is 647 g/mol. The van der Waals surface area contributed by atoms with Gasteiger partial charge in [-0.3, -0.25) is 4.79 Å². The smallest absolute Gasteiger partial charge is 0.306 e. The highest BCUT2D eigenvalue weighted by Gasteiger charge is 2.59. The summed E-state index contributed by atoms with van der Waals surface area (Å²) >= 11 is 0. The molecule has 4 rings (SSSR count). The molecule has 3 fully saturated rings. The van der Waals surface area contributed by atoms with E-state index in [0.29, 0.717) is 29.1 Å². The van der Waals surface area contributed by atoms with E-state index in [4.69, 9.17) is 4.74 Å². The third kappa shape index (κ3) is 9.36. The summed E-state index contributed by atoms with van der Waals surface area (Å²) in [6.45, 7) is 19.7. The SMILES string of the molecule is CC/C=C\C/C=C\C/C=C\CCCCCC(=O)O[C@H]1CC[C@]2(C)[C@H]3CC[C@]4(C)[C@@H]([C@H](C)CC[C@H](C)C(C)C)CC[C@H]4C3=CC[C@H]2[C@@H]1C. The van der Waals surface area contributed by atoms with E-state index in [-0.39, 0.29) is 12.1 Å². The Morgan fingerprint density at radius 1 is 0.851 bits per heavy atom. The van der Waals surface area contributed by atoms with Crippen LogP contribution in [0.25, 0.3) is 0 Å². The average Bonchev–Trinajstić information content (AvgIpc) is 3.40. The van der Waals surface area contributed by atoms with E-state index in [9.17, 15) is 4.79 Å². The van der Waals surface area contributed by atoms with Gasteiger partial charge in [-0.25, -0.2) is 0 Å². The highest BCUT2D eigenvalue weighted by molar-refractivity contribution is 5.69. The molecule has 4 aliphatic carbocycles. The molecule has 0 N–H and O–H groups in total. The van der Waals surface area contributed by atoms with Gasteiger partial charge in [0.15, 0.2) is 0 Å². The van der Waals surface area contributed by atoms with Crippen LogP contribution in [0.3, 0.4) is 0 Å². The largest absolute Gasteiger partial charge is 0.462 e. The molecule has 0 aliphatic heterocycles. The summed E-state index contributed by atoms with van der Waals surface area (Å²) in [5, 5.41) is 0. The molecule has 2 heteroatoms. The Morgan fingerprint density at radius 2 is 1.53 bits per heavy atom. The van der Waals surface area contributed by atoms with Crippen molar-refractivity contribution in [2.45, 2.75) is 171 Å². The first-order chi connectivity index (χ1) is 22.5. The van der Waals surface area contributed by atoms with Gasteiger partial charge in [0, 0.05) is 6.42 Å². The Labute approximate surface area is 291 Å². The molecule has 2 nitrogen and oxygen atoms in total. The Morgan fingerprint density at radius 3 is 2.26 bits per heavy atom. The van der Waals surface area contributed by atoms with Gasteiger partial charge in [0.1, 0.15) is 6.10 Å². The van der Waals surface area contributed by atoms with Crippen LogP contribution >= 0.6 is 0 Å². The van der Waals surface area contributed by atoms with Crippen LogP contribution in [-0.4, -0.2) is 12.1 Å². The van der Waals surface area contributed by atoms with Gasteiger partial charge >= 0.3 is 5.97 Å². The van der Waals surface area contributed by atoms with Gasteiger partial charge in [-0.1, -0.05) is 123 Å². The van der Waals surface area contributed by atoms with E-state index < -0.39 is 0 Å². The van der Waals surface area contributed by atoms with Crippen molar-refractivity contribution in [2.24, 2.45) is 58.2 Å². The molecule has 3 saturated carbocycles. The van der Waals surface area contributed by atoms with Gasteiger partial charge in [0.05, 0.1) is 0 Å². The predicted molar refractivity (Wildman–Crippen MR) is 202 cm³/mol. The third-order valence-electron chi connectivity index (χ3n) is 14.3. The maximum atomic E-state index is 12.9. The molecule has 0 bridgehead atoms. The fraction of sp³-hybridized carbons (Fsp3) is 0.800. The van der Waals surface area contributed by atoms with Crippen molar-refractivity contribution in [3.8, 4) is 0 Å². The normalized spacial score (nSPS) is 35.2. The zero-order valence-electron chi connectivity index (χ0n) is 32.1. The predicted octanol–water partition coefficient (Wildman–Crippen LogP) is 13.2. The van der Waals surface area contributed by atoms with Crippen molar-refractivity contribution in [1.82, 2.24) is 0 Å². The number of esters is 1. The molecular weight excluding hydrogens is 572 g/mol. The van der Waals surface area contributed by atoms with Crippen molar-refractivity contribution in [2.75, 3.05) is 0 Å². The van der Waals surface area contributed by atoms with Crippen molar-refractivity contribution in [1.29, 1.82) is 0 Å². The van der Waals surface area contributed by atoms with Crippen LogP contribution < -0.4 is 0 Å². The minimum atomic E-state index is 0.0395. The highest BCUT2D eigenvalue weighted by Crippen LogP contribution is 2.67. The van der Waals surface area contributed by atoms with E-state index in [1.807, 2.05) is 5.57 Å². The van der Waals surface area contributed by atoms with Crippen LogP contribution in [0.5, 0.6) is 0 Å². The van der Waals surface area contributed by atoms with Crippen LogP contribution in [0.2, 0.25) is 0 Å². The molecule has 0 heterocycles. The first-order valence-electron chi connectivity index (χ1n) is 20.4. The maximum absolute atomic E-state index is 12.9. The minimum Gasteiger partial charge on any atom is -0.462 e. The monoisotopic (exact) mass is 647 g/mol. The molecule has 0 amide bonds. The first kappa shape index (κ1) is 38.2. The summed E-state index contributed by atoms with van der Waals surface area (Å²) in [5.74, 6) is 6.01. The number of allylic oxidation sites excluding steroid dienone is 8. The number of unbranched alkanes of at least 4 members (excludes halogenated alkanes) is 3. The molecule has 10 atom stereocenters. The van der Waals surface area contributed by atoms with Crippen LogP contribution in [0.15, 0.2) is 48.1 Å². The van der Waals surface area contributed by atoms with Crippen LogP contribution in [0.4, 0.5) is 0 Å². The number of hydrogen-bond acceptors (Lipinski definition) is 2. The van der Waals surface area contributed by atoms with Gasteiger partial charge in [0.25, 0.3) is 0 Å². The summed E-state index contributed by atoms with van der Waals surface area (Å²) in [5.41, 5.74) is 2.71. The number of rotatable bonds is 17. The van der Waals surface area contributed by atoms with Crippen molar-refractivity contribution >= 4 is 5.97 Å². The van der Waals surface area contributed by atoms with Crippen molar-refractivity contribution in [3.63, 3.8) is 0 Å². The zero-order chi connectivity index (χ0) is 34.0. The fourth-order valence-electron chi connectivity index (χ4n) is 10.9. The molecular formula is C45H74O2. The lowest BCUT2D eigenvalue weighted by atomic mass is 9.46. The maximum Gasteiger partial charge on any atom is 0.306 e. The summed E-state index contributed by atoms with van der Waals surface area (Å²) in [6.07, 6.45) is 36.2. The molecule has 47 heavy (non-hydrogen) atoms. The molecule has 0 aromatic heterocycles. The molecule has 0 unspecified atom stereocenters. The first-order valence-corrected chi connectivity index (χ1v) is 20.4. The molecule has 266 valence electrons. The summed E-state index contributed by atoms with van der Waals surface area (Å²) in [7, 11) is 0. The van der Waals surface area contributed by atoms with Crippen LogP contribution in [0, 0.1) is 58.2 Å². The Balaban J connectivity index is 1.22. The summed E-state index contributed by atoms with van der Waals surface area (Å²) < 4.78 is 6.23. The van der Waals surface area contributed by atoms with Gasteiger partial charge < -0.3 is 4.74 Å².